The molecule has 1 N–H and O–H groups in total. The minimum Gasteiger partial charge on any atom is -0.459 e. The van der Waals surface area contributed by atoms with Gasteiger partial charge in [0.05, 0.1) is 11.0 Å². The lowest BCUT2D eigenvalue weighted by Gasteiger charge is -2.59. The fraction of sp³-hybridized carbons (Fsp3) is 0.944. The van der Waals surface area contributed by atoms with Crippen LogP contribution in [0.15, 0.2) is 0 Å². The van der Waals surface area contributed by atoms with Crippen molar-refractivity contribution >= 4 is 5.97 Å². The van der Waals surface area contributed by atoms with E-state index in [1.54, 1.807) is 0 Å². The molecule has 0 spiro atoms. The van der Waals surface area contributed by atoms with Gasteiger partial charge in [0, 0.05) is 6.42 Å². The fourth-order valence-electron chi connectivity index (χ4n) is 5.69. The van der Waals surface area contributed by atoms with Crippen LogP contribution in [0.25, 0.3) is 0 Å². The summed E-state index contributed by atoms with van der Waals surface area (Å²) in [5, 5.41) is 10.7. The summed E-state index contributed by atoms with van der Waals surface area (Å²) in [6.07, 6.45) is 6.49. The van der Waals surface area contributed by atoms with Crippen molar-refractivity contribution in [3.63, 3.8) is 0 Å². The first-order chi connectivity index (χ1) is 9.62. The minimum atomic E-state index is -0.563. The van der Waals surface area contributed by atoms with Crippen LogP contribution in [-0.4, -0.2) is 22.3 Å². The standard InChI is InChI=1S/C18H30O3/c1-12(2)6-16(3,4)15(19)21-18-9-13-5-14(10-18)8-17(20,7-13)11-18/h12-14,20H,5-11H2,1-4H3. The Morgan fingerprint density at radius 2 is 1.81 bits per heavy atom. The van der Waals surface area contributed by atoms with Crippen molar-refractivity contribution in [3.8, 4) is 0 Å². The third-order valence-electron chi connectivity index (χ3n) is 5.76. The van der Waals surface area contributed by atoms with E-state index < -0.39 is 11.0 Å². The Labute approximate surface area is 128 Å². The van der Waals surface area contributed by atoms with Gasteiger partial charge in [0.25, 0.3) is 0 Å². The summed E-state index contributed by atoms with van der Waals surface area (Å²) in [4.78, 5) is 12.7. The molecule has 21 heavy (non-hydrogen) atoms. The highest BCUT2D eigenvalue weighted by molar-refractivity contribution is 5.76. The van der Waals surface area contributed by atoms with Crippen molar-refractivity contribution in [3.05, 3.63) is 0 Å². The van der Waals surface area contributed by atoms with E-state index in [9.17, 15) is 9.90 Å². The van der Waals surface area contributed by atoms with Crippen LogP contribution in [0.1, 0.15) is 72.6 Å². The Balaban J connectivity index is 1.74. The zero-order valence-electron chi connectivity index (χ0n) is 13.9. The van der Waals surface area contributed by atoms with E-state index >= 15 is 0 Å². The SMILES string of the molecule is CC(C)CC(C)(C)C(=O)OC12CC3CC(CC(O)(C3)C1)C2. The van der Waals surface area contributed by atoms with Crippen molar-refractivity contribution in [1.82, 2.24) is 0 Å². The molecule has 0 aliphatic heterocycles. The summed E-state index contributed by atoms with van der Waals surface area (Å²) in [6, 6.07) is 0. The van der Waals surface area contributed by atoms with Gasteiger partial charge in [-0.2, -0.15) is 0 Å². The topological polar surface area (TPSA) is 46.5 Å². The van der Waals surface area contributed by atoms with Crippen molar-refractivity contribution < 1.29 is 14.6 Å². The zero-order chi connectivity index (χ0) is 15.5. The minimum absolute atomic E-state index is 0.0678. The number of esters is 1. The lowest BCUT2D eigenvalue weighted by Crippen LogP contribution is -2.61. The maximum atomic E-state index is 12.7. The number of carbonyl (C=O) groups is 1. The summed E-state index contributed by atoms with van der Waals surface area (Å²) in [6.45, 7) is 8.26. The van der Waals surface area contributed by atoms with Gasteiger partial charge in [0.15, 0.2) is 0 Å². The smallest absolute Gasteiger partial charge is 0.312 e. The van der Waals surface area contributed by atoms with Gasteiger partial charge >= 0.3 is 5.97 Å². The molecule has 0 heterocycles. The van der Waals surface area contributed by atoms with Crippen LogP contribution < -0.4 is 0 Å². The Bertz CT molecular complexity index is 424. The third-order valence-corrected chi connectivity index (χ3v) is 5.76. The average molecular weight is 294 g/mol. The highest BCUT2D eigenvalue weighted by Gasteiger charge is 2.59. The molecule has 4 fully saturated rings. The molecule has 0 radical (unpaired) electrons. The van der Waals surface area contributed by atoms with E-state index in [-0.39, 0.29) is 11.6 Å². The van der Waals surface area contributed by atoms with Crippen LogP contribution >= 0.6 is 0 Å². The van der Waals surface area contributed by atoms with Crippen LogP contribution in [0.3, 0.4) is 0 Å². The predicted octanol–water partition coefficient (Wildman–Crippen LogP) is 3.69. The second-order valence-corrected chi connectivity index (χ2v) is 9.24. The molecule has 0 aromatic heterocycles. The van der Waals surface area contributed by atoms with Crippen molar-refractivity contribution in [1.29, 1.82) is 0 Å². The first kappa shape index (κ1) is 15.3. The quantitative estimate of drug-likeness (QED) is 0.804. The number of carbonyl (C=O) groups excluding carboxylic acids is 1. The molecule has 120 valence electrons. The molecular formula is C18H30O3. The van der Waals surface area contributed by atoms with Gasteiger partial charge in [-0.25, -0.2) is 0 Å². The van der Waals surface area contributed by atoms with Gasteiger partial charge in [-0.3, -0.25) is 4.79 Å². The van der Waals surface area contributed by atoms with Crippen molar-refractivity contribution in [2.45, 2.75) is 83.8 Å². The molecule has 0 saturated heterocycles. The van der Waals surface area contributed by atoms with Gasteiger partial charge in [-0.1, -0.05) is 13.8 Å². The van der Waals surface area contributed by atoms with E-state index in [0.717, 1.165) is 32.1 Å². The molecule has 0 aromatic carbocycles. The fourth-order valence-corrected chi connectivity index (χ4v) is 5.69. The van der Waals surface area contributed by atoms with Gasteiger partial charge in [0.1, 0.15) is 5.60 Å². The summed E-state index contributed by atoms with van der Waals surface area (Å²) >= 11 is 0. The Kier molecular flexibility index (Phi) is 3.44. The van der Waals surface area contributed by atoms with Gasteiger partial charge in [-0.15, -0.1) is 0 Å². The van der Waals surface area contributed by atoms with Crippen LogP contribution in [0, 0.1) is 23.2 Å². The van der Waals surface area contributed by atoms with E-state index in [1.807, 2.05) is 13.8 Å². The van der Waals surface area contributed by atoms with Crippen LogP contribution in [0.2, 0.25) is 0 Å². The van der Waals surface area contributed by atoms with E-state index in [0.29, 0.717) is 24.2 Å². The van der Waals surface area contributed by atoms with Gasteiger partial charge in [-0.05, 0) is 70.1 Å². The summed E-state index contributed by atoms with van der Waals surface area (Å²) in [5.74, 6) is 1.52. The zero-order valence-corrected chi connectivity index (χ0v) is 13.9. The van der Waals surface area contributed by atoms with Crippen molar-refractivity contribution in [2.24, 2.45) is 23.2 Å². The van der Waals surface area contributed by atoms with Crippen LogP contribution in [0.5, 0.6) is 0 Å². The normalized spacial score (nSPS) is 41.6. The van der Waals surface area contributed by atoms with Gasteiger partial charge in [0.2, 0.25) is 0 Å². The lowest BCUT2D eigenvalue weighted by molar-refractivity contribution is -0.225. The molecule has 3 heteroatoms. The largest absolute Gasteiger partial charge is 0.459 e. The molecule has 0 aromatic rings. The van der Waals surface area contributed by atoms with Crippen LogP contribution in [0.4, 0.5) is 0 Å². The number of rotatable bonds is 4. The number of aliphatic hydroxyl groups is 1. The molecule has 4 aliphatic carbocycles. The molecular weight excluding hydrogens is 264 g/mol. The van der Waals surface area contributed by atoms with E-state index in [1.165, 1.54) is 6.42 Å². The second kappa shape index (κ2) is 4.71. The summed E-state index contributed by atoms with van der Waals surface area (Å²) in [5.41, 5.74) is -1.36. The second-order valence-electron chi connectivity index (χ2n) is 9.24. The molecule has 2 unspecified atom stereocenters. The highest BCUT2D eigenvalue weighted by Crippen LogP contribution is 2.59. The summed E-state index contributed by atoms with van der Waals surface area (Å²) in [7, 11) is 0. The number of ether oxygens (including phenoxy) is 1. The molecule has 4 bridgehead atoms. The molecule has 4 rings (SSSR count). The Hall–Kier alpha value is -0.570. The number of hydrogen-bond acceptors (Lipinski definition) is 3. The van der Waals surface area contributed by atoms with E-state index in [2.05, 4.69) is 13.8 Å². The Morgan fingerprint density at radius 3 is 2.29 bits per heavy atom. The Morgan fingerprint density at radius 1 is 1.24 bits per heavy atom. The third kappa shape index (κ3) is 2.86. The average Bonchev–Trinajstić information content (AvgIpc) is 2.22. The van der Waals surface area contributed by atoms with E-state index in [4.69, 9.17) is 4.74 Å². The summed E-state index contributed by atoms with van der Waals surface area (Å²) < 4.78 is 6.08. The first-order valence-electron chi connectivity index (χ1n) is 8.57. The number of hydrogen-bond donors (Lipinski definition) is 1. The first-order valence-corrected chi connectivity index (χ1v) is 8.57. The van der Waals surface area contributed by atoms with Crippen molar-refractivity contribution in [2.75, 3.05) is 0 Å². The highest BCUT2D eigenvalue weighted by atomic mass is 16.6. The molecule has 0 amide bonds. The molecule has 4 aliphatic rings. The molecule has 4 saturated carbocycles. The maximum Gasteiger partial charge on any atom is 0.312 e. The maximum absolute atomic E-state index is 12.7. The van der Waals surface area contributed by atoms with Crippen LogP contribution in [-0.2, 0) is 9.53 Å². The predicted molar refractivity (Wildman–Crippen MR) is 81.7 cm³/mol. The molecule has 3 nitrogen and oxygen atoms in total. The van der Waals surface area contributed by atoms with Gasteiger partial charge < -0.3 is 9.84 Å². The molecule has 2 atom stereocenters. The monoisotopic (exact) mass is 294 g/mol. The lowest BCUT2D eigenvalue weighted by atomic mass is 9.52.